The van der Waals surface area contributed by atoms with Gasteiger partial charge in [-0.05, 0) is 57.8 Å². The van der Waals surface area contributed by atoms with Gasteiger partial charge >= 0.3 is 25.7 Å². The molecule has 0 aromatic rings. The van der Waals surface area contributed by atoms with Crippen LogP contribution in [0.2, 0.25) is 0 Å². The summed E-state index contributed by atoms with van der Waals surface area (Å²) in [5.41, 5.74) is 0. The van der Waals surface area contributed by atoms with Gasteiger partial charge in [-0.3, -0.25) is 23.4 Å². The highest BCUT2D eigenvalue weighted by Crippen LogP contribution is 2.43. The minimum Gasteiger partial charge on any atom is -0.462 e. The van der Waals surface area contributed by atoms with E-state index in [0.717, 1.165) is 70.6 Å². The third-order valence-corrected chi connectivity index (χ3v) is 11.9. The summed E-state index contributed by atoms with van der Waals surface area (Å²) in [7, 11) is -4.75. The van der Waals surface area contributed by atoms with Gasteiger partial charge in [-0.15, -0.1) is 0 Å². The predicted molar refractivity (Wildman–Crippen MR) is 270 cm³/mol. The van der Waals surface area contributed by atoms with Gasteiger partial charge in [0.25, 0.3) is 0 Å². The number of phosphoric acid groups is 1. The molecule has 0 saturated carbocycles. The van der Waals surface area contributed by atoms with E-state index < -0.39 is 57.8 Å². The summed E-state index contributed by atoms with van der Waals surface area (Å²) in [4.78, 5) is 48.2. The van der Waals surface area contributed by atoms with Crippen LogP contribution in [0.4, 0.5) is 0 Å². The molecule has 0 rings (SSSR count). The van der Waals surface area contributed by atoms with E-state index in [4.69, 9.17) is 23.3 Å². The molecule has 0 aromatic heterocycles. The summed E-state index contributed by atoms with van der Waals surface area (Å²) in [6.45, 7) is 4.44. The highest BCUT2D eigenvalue weighted by Gasteiger charge is 2.28. The lowest BCUT2D eigenvalue weighted by atomic mass is 10.0. The topological polar surface area (TPSA) is 155 Å². The molecular formula is C54H95O11P. The van der Waals surface area contributed by atoms with Crippen molar-refractivity contribution in [2.24, 2.45) is 0 Å². The van der Waals surface area contributed by atoms with Crippen molar-refractivity contribution in [3.63, 3.8) is 0 Å². The number of carbonyl (C=O) groups excluding carboxylic acids is 3. The lowest BCUT2D eigenvalue weighted by molar-refractivity contribution is -0.161. The first-order valence-corrected chi connectivity index (χ1v) is 27.7. The van der Waals surface area contributed by atoms with Crippen molar-refractivity contribution in [2.45, 2.75) is 238 Å². The Morgan fingerprint density at radius 2 is 0.788 bits per heavy atom. The van der Waals surface area contributed by atoms with E-state index in [1.165, 1.54) is 89.9 Å². The number of ether oxygens (including phenoxy) is 3. The molecule has 66 heavy (non-hydrogen) atoms. The zero-order valence-corrected chi connectivity index (χ0v) is 42.8. The summed E-state index contributed by atoms with van der Waals surface area (Å²) >= 11 is 0. The van der Waals surface area contributed by atoms with Crippen molar-refractivity contribution >= 4 is 25.7 Å². The highest BCUT2D eigenvalue weighted by atomic mass is 31.2. The summed E-state index contributed by atoms with van der Waals surface area (Å²) < 4.78 is 39.2. The molecule has 12 heteroatoms. The first kappa shape index (κ1) is 63.2. The lowest BCUT2D eigenvalue weighted by Crippen LogP contribution is -2.30. The molecule has 0 fully saturated rings. The van der Waals surface area contributed by atoms with E-state index in [-0.39, 0.29) is 25.9 Å². The summed E-state index contributed by atoms with van der Waals surface area (Å²) in [6, 6.07) is 0. The average molecular weight is 951 g/mol. The van der Waals surface area contributed by atoms with Gasteiger partial charge < -0.3 is 24.2 Å². The van der Waals surface area contributed by atoms with Gasteiger partial charge in [-0.25, -0.2) is 4.57 Å². The molecule has 2 N–H and O–H groups in total. The van der Waals surface area contributed by atoms with E-state index in [2.05, 4.69) is 69.4 Å². The van der Waals surface area contributed by atoms with Crippen LogP contribution in [-0.2, 0) is 42.2 Å². The van der Waals surface area contributed by atoms with Gasteiger partial charge in [0.1, 0.15) is 12.7 Å². The van der Waals surface area contributed by atoms with Crippen LogP contribution in [-0.4, -0.2) is 66.5 Å². The van der Waals surface area contributed by atoms with E-state index in [0.29, 0.717) is 25.7 Å². The van der Waals surface area contributed by atoms with Crippen LogP contribution in [0.3, 0.4) is 0 Å². The Morgan fingerprint density at radius 1 is 0.439 bits per heavy atom. The summed E-state index contributed by atoms with van der Waals surface area (Å²) in [5.74, 6) is -1.53. The fourth-order valence-corrected chi connectivity index (χ4v) is 7.76. The van der Waals surface area contributed by atoms with Crippen LogP contribution in [0.1, 0.15) is 226 Å². The van der Waals surface area contributed by atoms with Crippen LogP contribution in [0, 0.1) is 0 Å². The maximum atomic E-state index is 12.8. The first-order chi connectivity index (χ1) is 32.2. The quantitative estimate of drug-likeness (QED) is 0.0197. The fourth-order valence-electron chi connectivity index (χ4n) is 6.98. The molecule has 11 nitrogen and oxygen atoms in total. The van der Waals surface area contributed by atoms with Crippen molar-refractivity contribution in [1.82, 2.24) is 0 Å². The number of aliphatic hydroxyl groups is 1. The third-order valence-electron chi connectivity index (χ3n) is 11.0. The molecule has 3 atom stereocenters. The Bertz CT molecular complexity index is 1340. The third kappa shape index (κ3) is 46.3. The second-order valence-electron chi connectivity index (χ2n) is 17.3. The zero-order valence-electron chi connectivity index (χ0n) is 41.9. The van der Waals surface area contributed by atoms with E-state index >= 15 is 0 Å². The number of hydrogen-bond acceptors (Lipinski definition) is 10. The van der Waals surface area contributed by atoms with Crippen LogP contribution in [0.15, 0.2) is 60.8 Å². The molecule has 0 aromatic carbocycles. The van der Waals surface area contributed by atoms with Crippen LogP contribution >= 0.6 is 7.82 Å². The van der Waals surface area contributed by atoms with Gasteiger partial charge in [0.2, 0.25) is 0 Å². The van der Waals surface area contributed by atoms with Crippen LogP contribution < -0.4 is 0 Å². The Morgan fingerprint density at radius 3 is 1.21 bits per heavy atom. The number of hydrogen-bond donors (Lipinski definition) is 2. The number of phosphoric ester groups is 1. The normalized spacial score (nSPS) is 14.0. The minimum absolute atomic E-state index is 0.0906. The predicted octanol–water partition coefficient (Wildman–Crippen LogP) is 14.8. The van der Waals surface area contributed by atoms with E-state index in [9.17, 15) is 28.9 Å². The maximum Gasteiger partial charge on any atom is 0.472 e. The molecule has 382 valence electrons. The molecule has 0 radical (unpaired) electrons. The Labute approximate surface area is 402 Å². The molecule has 0 aliphatic rings. The molecule has 0 spiro atoms. The summed E-state index contributed by atoms with van der Waals surface area (Å²) in [5, 5.41) is 9.77. The van der Waals surface area contributed by atoms with Crippen molar-refractivity contribution in [1.29, 1.82) is 0 Å². The van der Waals surface area contributed by atoms with Crippen LogP contribution in [0.5, 0.6) is 0 Å². The van der Waals surface area contributed by atoms with E-state index in [1.54, 1.807) is 0 Å². The minimum atomic E-state index is -4.75. The molecule has 0 heterocycles. The van der Waals surface area contributed by atoms with Gasteiger partial charge in [0.15, 0.2) is 6.10 Å². The van der Waals surface area contributed by atoms with Crippen molar-refractivity contribution < 1.29 is 52.2 Å². The van der Waals surface area contributed by atoms with Crippen molar-refractivity contribution in [3.8, 4) is 0 Å². The second-order valence-corrected chi connectivity index (χ2v) is 18.8. The zero-order chi connectivity index (χ0) is 48.4. The monoisotopic (exact) mass is 951 g/mol. The number of allylic oxidation sites excluding steroid dienone is 10. The largest absolute Gasteiger partial charge is 0.472 e. The van der Waals surface area contributed by atoms with Gasteiger partial charge in [0.05, 0.1) is 19.8 Å². The van der Waals surface area contributed by atoms with Gasteiger partial charge in [0, 0.05) is 19.3 Å². The summed E-state index contributed by atoms with van der Waals surface area (Å²) in [6.07, 6.45) is 50.6. The molecule has 0 bridgehead atoms. The first-order valence-electron chi connectivity index (χ1n) is 26.2. The Kier molecular flexibility index (Phi) is 46.6. The van der Waals surface area contributed by atoms with Gasteiger partial charge in [-0.1, -0.05) is 210 Å². The Balaban J connectivity index is 4.77. The number of rotatable bonds is 48. The van der Waals surface area contributed by atoms with E-state index in [1.807, 2.05) is 12.2 Å². The molecule has 0 saturated heterocycles. The van der Waals surface area contributed by atoms with Crippen LogP contribution in [0.25, 0.3) is 0 Å². The lowest BCUT2D eigenvalue weighted by Gasteiger charge is -2.21. The molecule has 0 amide bonds. The molecule has 0 aliphatic heterocycles. The van der Waals surface area contributed by atoms with Gasteiger partial charge in [-0.2, -0.15) is 0 Å². The highest BCUT2D eigenvalue weighted by molar-refractivity contribution is 7.47. The SMILES string of the molecule is CC/C=C\C/C=C\C/C=C\C/C=C\C/C=C\CCCC(=O)OC(COC(=O)CCCCCCCCCCC)COP(=O)(O)OCC(CO)OC(=O)CCCCCCCCCCCCCCC. The Hall–Kier alpha value is -2.82. The maximum absolute atomic E-state index is 12.8. The number of carbonyl (C=O) groups is 3. The number of aliphatic hydroxyl groups excluding tert-OH is 1. The fraction of sp³-hybridized carbons (Fsp3) is 0.759. The van der Waals surface area contributed by atoms with Crippen molar-refractivity contribution in [2.75, 3.05) is 26.4 Å². The molecular weight excluding hydrogens is 856 g/mol. The number of unbranched alkanes of at least 4 members (excludes halogenated alkanes) is 21. The smallest absolute Gasteiger partial charge is 0.462 e. The standard InChI is InChI=1S/C54H95O11P/c1-4-7-10-13-16-19-21-23-24-25-26-28-30-33-36-39-42-45-54(58)65-51(47-61-52(56)43-40-37-34-31-18-15-12-9-6-3)49-63-66(59,60)62-48-50(46-55)64-53(57)44-41-38-35-32-29-27-22-20-17-14-11-8-5-2/h7,10,16,19,23-24,26,28,33,36,50-51,55H,4-6,8-9,11-15,17-18,20-22,25,27,29-32,34-35,37-49H2,1-3H3,(H,59,60)/b10-7-,19-16-,24-23-,28-26-,36-33-. The second kappa shape index (κ2) is 48.6. The molecule has 0 aliphatic carbocycles. The van der Waals surface area contributed by atoms with Crippen molar-refractivity contribution in [3.05, 3.63) is 60.8 Å². The average Bonchev–Trinajstić information content (AvgIpc) is 3.30. The number of esters is 3. The molecule has 3 unspecified atom stereocenters.